The number of nitrogens with one attached hydrogen (secondary N) is 1. The van der Waals surface area contributed by atoms with Crippen molar-refractivity contribution < 1.29 is 9.22 Å². The summed E-state index contributed by atoms with van der Waals surface area (Å²) in [7, 11) is -2.59. The van der Waals surface area contributed by atoms with Gasteiger partial charge in [-0.2, -0.15) is 0 Å². The molecule has 1 aliphatic heterocycles. The number of carbonyl (C=O) groups excluding carboxylic acids is 1. The molecule has 1 saturated heterocycles. The van der Waals surface area contributed by atoms with E-state index in [1.165, 1.54) is 10.4 Å². The van der Waals surface area contributed by atoms with Crippen molar-refractivity contribution >= 4 is 45.4 Å². The molecule has 1 aromatic heterocycles. The Labute approximate surface area is 243 Å². The molecule has 5 rings (SSSR count). The molecule has 1 amide bonds. The van der Waals surface area contributed by atoms with Crippen LogP contribution in [0.25, 0.3) is 0 Å². The molecule has 0 radical (unpaired) electrons. The number of hydrogen-bond acceptors (Lipinski definition) is 4. The molecule has 40 heavy (non-hydrogen) atoms. The van der Waals surface area contributed by atoms with E-state index in [4.69, 9.17) is 4.43 Å². The van der Waals surface area contributed by atoms with Gasteiger partial charge in [-0.05, 0) is 0 Å². The van der Waals surface area contributed by atoms with Crippen LogP contribution < -0.4 is 21.4 Å². The standard InChI is InChI=1S/C32H35N3O3SeSi/c1-32(2,3)40(26-15-9-5-10-16-26,27-17-11-6-12-18-27)38-23-25-19-20-29(39-25)35-22-21-28(34-31(35)37)33-30(36)24-13-7-4-8-14-24/h4-18,21-22,25,29H,19-20,23H2,1-3H3,(H,33,34,36,37)/t25-,29-/m1/s1. The zero-order chi connectivity index (χ0) is 28.2. The fourth-order valence-electron chi connectivity index (χ4n) is 5.47. The predicted molar refractivity (Wildman–Crippen MR) is 164 cm³/mol. The van der Waals surface area contributed by atoms with E-state index in [0.717, 1.165) is 12.8 Å². The van der Waals surface area contributed by atoms with E-state index in [0.29, 0.717) is 17.0 Å². The summed E-state index contributed by atoms with van der Waals surface area (Å²) in [6.07, 6.45) is 3.71. The van der Waals surface area contributed by atoms with Gasteiger partial charge in [0.25, 0.3) is 0 Å². The second-order valence-corrected chi connectivity index (χ2v) is 18.5. The summed E-state index contributed by atoms with van der Waals surface area (Å²) in [6, 6.07) is 32.1. The molecule has 1 fully saturated rings. The Morgan fingerprint density at radius 1 is 0.925 bits per heavy atom. The molecule has 0 bridgehead atoms. The van der Waals surface area contributed by atoms with Crippen LogP contribution in [0.2, 0.25) is 9.85 Å². The maximum atomic E-state index is 13.0. The number of benzene rings is 3. The number of aromatic nitrogens is 2. The Bertz CT molecular complexity index is 1450. The number of amides is 1. The number of hydrogen-bond donors (Lipinski definition) is 1. The van der Waals surface area contributed by atoms with Crippen LogP contribution >= 0.6 is 0 Å². The summed E-state index contributed by atoms with van der Waals surface area (Å²) in [4.78, 5) is 30.1. The zero-order valence-corrected chi connectivity index (χ0v) is 25.8. The fraction of sp³-hybridized carbons (Fsp3) is 0.281. The first-order valence-corrected chi connectivity index (χ1v) is 17.5. The average Bonchev–Trinajstić information content (AvgIpc) is 3.43. The molecule has 0 spiro atoms. The summed E-state index contributed by atoms with van der Waals surface area (Å²) in [5.74, 6) is -0.0111. The van der Waals surface area contributed by atoms with E-state index in [1.54, 1.807) is 41.1 Å². The molecule has 0 unspecified atom stereocenters. The van der Waals surface area contributed by atoms with Gasteiger partial charge < -0.3 is 0 Å². The van der Waals surface area contributed by atoms with E-state index < -0.39 is 8.32 Å². The molecule has 6 nitrogen and oxygen atoms in total. The second kappa shape index (κ2) is 12.1. The first-order valence-electron chi connectivity index (χ1n) is 13.6. The first-order chi connectivity index (χ1) is 19.3. The Balaban J connectivity index is 1.31. The molecule has 206 valence electrons. The molecule has 4 aromatic rings. The average molecular weight is 617 g/mol. The van der Waals surface area contributed by atoms with Crippen LogP contribution in [-0.2, 0) is 4.43 Å². The molecule has 8 heteroatoms. The Kier molecular flexibility index (Phi) is 8.52. The second-order valence-electron chi connectivity index (χ2n) is 11.1. The van der Waals surface area contributed by atoms with Crippen LogP contribution in [-0.4, -0.2) is 45.3 Å². The van der Waals surface area contributed by atoms with Crippen LogP contribution in [0.3, 0.4) is 0 Å². The normalized spacial score (nSPS) is 17.5. The Morgan fingerprint density at radius 3 is 2.05 bits per heavy atom. The summed E-state index contributed by atoms with van der Waals surface area (Å²) < 4.78 is 8.91. The van der Waals surface area contributed by atoms with Crippen molar-refractivity contribution in [1.82, 2.24) is 9.55 Å². The third-order valence-electron chi connectivity index (χ3n) is 7.41. The van der Waals surface area contributed by atoms with Crippen LogP contribution in [0.15, 0.2) is 108 Å². The first kappa shape index (κ1) is 28.2. The number of anilines is 1. The zero-order valence-electron chi connectivity index (χ0n) is 23.1. The molecule has 1 N–H and O–H groups in total. The van der Waals surface area contributed by atoms with E-state index in [9.17, 15) is 9.59 Å². The van der Waals surface area contributed by atoms with Gasteiger partial charge in [-0.15, -0.1) is 0 Å². The van der Waals surface area contributed by atoms with Gasteiger partial charge in [-0.3, -0.25) is 0 Å². The van der Waals surface area contributed by atoms with Gasteiger partial charge in [0.05, 0.1) is 0 Å². The van der Waals surface area contributed by atoms with Gasteiger partial charge >= 0.3 is 244 Å². The van der Waals surface area contributed by atoms with Crippen molar-refractivity contribution in [3.8, 4) is 0 Å². The molecule has 0 saturated carbocycles. The minimum absolute atomic E-state index is 0.0679. The summed E-state index contributed by atoms with van der Waals surface area (Å²) in [5.41, 5.74) is 0.197. The van der Waals surface area contributed by atoms with Gasteiger partial charge in [-0.1, -0.05) is 0 Å². The van der Waals surface area contributed by atoms with Gasteiger partial charge in [0.15, 0.2) is 0 Å². The van der Waals surface area contributed by atoms with E-state index in [-0.39, 0.29) is 42.4 Å². The van der Waals surface area contributed by atoms with Gasteiger partial charge in [0.1, 0.15) is 0 Å². The molecule has 2 atom stereocenters. The van der Waals surface area contributed by atoms with Crippen LogP contribution in [0.5, 0.6) is 0 Å². The monoisotopic (exact) mass is 617 g/mol. The molecule has 3 aromatic carbocycles. The van der Waals surface area contributed by atoms with Gasteiger partial charge in [-0.25, -0.2) is 0 Å². The topological polar surface area (TPSA) is 73.2 Å². The van der Waals surface area contributed by atoms with Crippen LogP contribution in [0.4, 0.5) is 5.82 Å². The summed E-state index contributed by atoms with van der Waals surface area (Å²) >= 11 is 0.172. The fourth-order valence-corrected chi connectivity index (χ4v) is 13.3. The van der Waals surface area contributed by atoms with Crippen molar-refractivity contribution in [3.05, 3.63) is 119 Å². The number of rotatable bonds is 8. The van der Waals surface area contributed by atoms with Crippen molar-refractivity contribution in [2.45, 2.75) is 48.4 Å². The Hall–Kier alpha value is -3.29. The van der Waals surface area contributed by atoms with Crippen LogP contribution in [0.1, 0.15) is 48.9 Å². The number of nitrogens with zero attached hydrogens (tertiary/aromatic N) is 2. The molecule has 1 aliphatic rings. The molecule has 2 heterocycles. The van der Waals surface area contributed by atoms with Crippen molar-refractivity contribution in [2.24, 2.45) is 0 Å². The predicted octanol–water partition coefficient (Wildman–Crippen LogP) is 4.86. The van der Waals surface area contributed by atoms with Crippen LogP contribution in [0, 0.1) is 0 Å². The SMILES string of the molecule is CC(C)(C)[Si](OC[C@H]1CC[C@H](n2ccc(NC(=O)c3ccccc3)nc2=O)[Se]1)(c1ccccc1)c1ccccc1. The number of carbonyl (C=O) groups is 1. The Morgan fingerprint density at radius 2 is 1.50 bits per heavy atom. The van der Waals surface area contributed by atoms with E-state index in [1.807, 2.05) is 6.07 Å². The van der Waals surface area contributed by atoms with Crippen molar-refractivity contribution in [3.63, 3.8) is 0 Å². The van der Waals surface area contributed by atoms with E-state index >= 15 is 0 Å². The summed E-state index contributed by atoms with van der Waals surface area (Å²) in [5, 5.41) is 5.23. The third-order valence-corrected chi connectivity index (χ3v) is 15.6. The summed E-state index contributed by atoms with van der Waals surface area (Å²) in [6.45, 7) is 7.57. The van der Waals surface area contributed by atoms with Gasteiger partial charge in [0, 0.05) is 0 Å². The molecule has 0 aliphatic carbocycles. The van der Waals surface area contributed by atoms with Gasteiger partial charge in [0.2, 0.25) is 0 Å². The van der Waals surface area contributed by atoms with Crippen molar-refractivity contribution in [2.75, 3.05) is 11.9 Å². The van der Waals surface area contributed by atoms with E-state index in [2.05, 4.69) is 91.7 Å². The minimum atomic E-state index is -2.59. The third kappa shape index (κ3) is 5.91. The molecular formula is C32H35N3O3SeSi. The maximum absolute atomic E-state index is 13.0. The van der Waals surface area contributed by atoms with Crippen molar-refractivity contribution in [1.29, 1.82) is 0 Å². The molecular weight excluding hydrogens is 581 g/mol. The quantitative estimate of drug-likeness (QED) is 0.287.